The van der Waals surface area contributed by atoms with Gasteiger partial charge in [-0.05, 0) is 42.9 Å². The predicted octanol–water partition coefficient (Wildman–Crippen LogP) is 3.97. The molecular formula is C15H29N. The third-order valence-electron chi connectivity index (χ3n) is 5.67. The van der Waals surface area contributed by atoms with Gasteiger partial charge in [-0.3, -0.25) is 0 Å². The first-order valence-corrected chi connectivity index (χ1v) is 7.33. The highest BCUT2D eigenvalue weighted by Gasteiger charge is 2.44. The molecule has 2 aliphatic carbocycles. The average molecular weight is 223 g/mol. The second-order valence-electron chi connectivity index (χ2n) is 6.74. The molecule has 0 saturated heterocycles. The molecule has 0 bridgehead atoms. The van der Waals surface area contributed by atoms with Crippen LogP contribution in [-0.4, -0.2) is 5.54 Å². The fourth-order valence-electron chi connectivity index (χ4n) is 4.24. The highest BCUT2D eigenvalue weighted by molar-refractivity contribution is 5.00. The van der Waals surface area contributed by atoms with E-state index in [0.717, 1.165) is 23.7 Å². The second kappa shape index (κ2) is 4.68. The molecule has 2 aliphatic rings. The molecule has 0 spiro atoms. The number of hydrogen-bond donors (Lipinski definition) is 1. The van der Waals surface area contributed by atoms with Gasteiger partial charge in [-0.2, -0.15) is 0 Å². The molecule has 0 heterocycles. The quantitative estimate of drug-likeness (QED) is 0.715. The van der Waals surface area contributed by atoms with Crippen molar-refractivity contribution < 1.29 is 0 Å². The van der Waals surface area contributed by atoms with E-state index in [-0.39, 0.29) is 5.54 Å². The molecule has 2 N–H and O–H groups in total. The Hall–Kier alpha value is -0.0400. The Morgan fingerprint density at radius 2 is 1.75 bits per heavy atom. The summed E-state index contributed by atoms with van der Waals surface area (Å²) in [6.45, 7) is 7.22. The number of hydrogen-bond acceptors (Lipinski definition) is 1. The summed E-state index contributed by atoms with van der Waals surface area (Å²) in [4.78, 5) is 0. The largest absolute Gasteiger partial charge is 0.325 e. The molecule has 2 rings (SSSR count). The Labute approximate surface area is 101 Å². The standard InChI is InChI=1S/C15H29N/c1-11-6-4-8-14(10-11)15(16)9-5-7-12(2)13(15)3/h11-14H,4-10,16H2,1-3H3. The number of rotatable bonds is 1. The van der Waals surface area contributed by atoms with Crippen molar-refractivity contribution in [2.75, 3.05) is 0 Å². The SMILES string of the molecule is CC1CCCC(C2(N)CCCC(C)C2C)C1. The lowest BCUT2D eigenvalue weighted by Crippen LogP contribution is -2.57. The van der Waals surface area contributed by atoms with E-state index in [9.17, 15) is 0 Å². The maximum Gasteiger partial charge on any atom is 0.0211 e. The molecule has 2 saturated carbocycles. The van der Waals surface area contributed by atoms with Crippen LogP contribution in [0.4, 0.5) is 0 Å². The summed E-state index contributed by atoms with van der Waals surface area (Å²) in [6.07, 6.45) is 9.62. The van der Waals surface area contributed by atoms with Crippen LogP contribution in [0.2, 0.25) is 0 Å². The van der Waals surface area contributed by atoms with Crippen molar-refractivity contribution in [3.63, 3.8) is 0 Å². The summed E-state index contributed by atoms with van der Waals surface area (Å²) in [5.41, 5.74) is 6.99. The summed E-state index contributed by atoms with van der Waals surface area (Å²) in [5.74, 6) is 3.25. The summed E-state index contributed by atoms with van der Waals surface area (Å²) in [5, 5.41) is 0. The van der Waals surface area contributed by atoms with Gasteiger partial charge in [0, 0.05) is 5.54 Å². The maximum atomic E-state index is 6.83. The van der Waals surface area contributed by atoms with Crippen LogP contribution in [-0.2, 0) is 0 Å². The molecule has 16 heavy (non-hydrogen) atoms. The third kappa shape index (κ3) is 2.16. The first-order valence-electron chi connectivity index (χ1n) is 7.33. The molecule has 0 aromatic rings. The van der Waals surface area contributed by atoms with Gasteiger partial charge in [0.25, 0.3) is 0 Å². The van der Waals surface area contributed by atoms with Gasteiger partial charge in [0.1, 0.15) is 0 Å². The highest BCUT2D eigenvalue weighted by Crippen LogP contribution is 2.46. The van der Waals surface area contributed by atoms with E-state index in [4.69, 9.17) is 5.73 Å². The predicted molar refractivity (Wildman–Crippen MR) is 70.2 cm³/mol. The van der Waals surface area contributed by atoms with E-state index in [2.05, 4.69) is 20.8 Å². The molecule has 0 aliphatic heterocycles. The van der Waals surface area contributed by atoms with Crippen LogP contribution in [0.1, 0.15) is 65.7 Å². The lowest BCUT2D eigenvalue weighted by molar-refractivity contribution is 0.0536. The molecule has 1 heteroatoms. The van der Waals surface area contributed by atoms with E-state index in [0.29, 0.717) is 0 Å². The molecule has 5 unspecified atom stereocenters. The van der Waals surface area contributed by atoms with Gasteiger partial charge < -0.3 is 5.73 Å². The van der Waals surface area contributed by atoms with Gasteiger partial charge in [-0.25, -0.2) is 0 Å². The normalized spacial score (nSPS) is 50.2. The Morgan fingerprint density at radius 1 is 1.00 bits per heavy atom. The molecule has 0 radical (unpaired) electrons. The van der Waals surface area contributed by atoms with Crippen molar-refractivity contribution in [3.05, 3.63) is 0 Å². The first kappa shape index (κ1) is 12.4. The highest BCUT2D eigenvalue weighted by atomic mass is 14.8. The Bertz CT molecular complexity index is 238. The van der Waals surface area contributed by atoms with E-state index in [1.54, 1.807) is 0 Å². The molecule has 94 valence electrons. The summed E-state index contributed by atoms with van der Waals surface area (Å²) in [7, 11) is 0. The van der Waals surface area contributed by atoms with Gasteiger partial charge >= 0.3 is 0 Å². The van der Waals surface area contributed by atoms with Crippen molar-refractivity contribution in [2.45, 2.75) is 71.3 Å². The minimum Gasteiger partial charge on any atom is -0.325 e. The van der Waals surface area contributed by atoms with Crippen molar-refractivity contribution in [1.29, 1.82) is 0 Å². The fourth-order valence-corrected chi connectivity index (χ4v) is 4.24. The lowest BCUT2D eigenvalue weighted by atomic mass is 9.59. The molecular weight excluding hydrogens is 194 g/mol. The van der Waals surface area contributed by atoms with Crippen molar-refractivity contribution in [2.24, 2.45) is 29.4 Å². The average Bonchev–Trinajstić information content (AvgIpc) is 2.26. The third-order valence-corrected chi connectivity index (χ3v) is 5.67. The van der Waals surface area contributed by atoms with Crippen LogP contribution in [0.5, 0.6) is 0 Å². The van der Waals surface area contributed by atoms with E-state index in [1.807, 2.05) is 0 Å². The van der Waals surface area contributed by atoms with Crippen molar-refractivity contribution >= 4 is 0 Å². The van der Waals surface area contributed by atoms with Crippen LogP contribution >= 0.6 is 0 Å². The topological polar surface area (TPSA) is 26.0 Å². The molecule has 0 amide bonds. The molecule has 0 aromatic heterocycles. The maximum absolute atomic E-state index is 6.83. The van der Waals surface area contributed by atoms with Gasteiger partial charge in [-0.1, -0.05) is 46.5 Å². The summed E-state index contributed by atoms with van der Waals surface area (Å²) in [6, 6.07) is 0. The van der Waals surface area contributed by atoms with Crippen LogP contribution < -0.4 is 5.73 Å². The lowest BCUT2D eigenvalue weighted by Gasteiger charge is -2.50. The van der Waals surface area contributed by atoms with Crippen LogP contribution in [0.15, 0.2) is 0 Å². The molecule has 1 nitrogen and oxygen atoms in total. The minimum absolute atomic E-state index is 0.159. The molecule has 2 fully saturated rings. The van der Waals surface area contributed by atoms with Crippen molar-refractivity contribution in [3.8, 4) is 0 Å². The number of nitrogens with two attached hydrogens (primary N) is 1. The van der Waals surface area contributed by atoms with Crippen LogP contribution in [0, 0.1) is 23.7 Å². The van der Waals surface area contributed by atoms with Crippen molar-refractivity contribution in [1.82, 2.24) is 0 Å². The second-order valence-corrected chi connectivity index (χ2v) is 6.74. The van der Waals surface area contributed by atoms with Gasteiger partial charge in [-0.15, -0.1) is 0 Å². The summed E-state index contributed by atoms with van der Waals surface area (Å²) < 4.78 is 0. The first-order chi connectivity index (χ1) is 7.54. The van der Waals surface area contributed by atoms with Gasteiger partial charge in [0.15, 0.2) is 0 Å². The fraction of sp³-hybridized carbons (Fsp3) is 1.00. The van der Waals surface area contributed by atoms with E-state index < -0.39 is 0 Å². The zero-order chi connectivity index (χ0) is 11.8. The smallest absolute Gasteiger partial charge is 0.0211 e. The van der Waals surface area contributed by atoms with Gasteiger partial charge in [0.2, 0.25) is 0 Å². The van der Waals surface area contributed by atoms with Crippen LogP contribution in [0.25, 0.3) is 0 Å². The van der Waals surface area contributed by atoms with Gasteiger partial charge in [0.05, 0.1) is 0 Å². The Balaban J connectivity index is 2.09. The zero-order valence-electron chi connectivity index (χ0n) is 11.3. The van der Waals surface area contributed by atoms with Crippen LogP contribution in [0.3, 0.4) is 0 Å². The molecule has 5 atom stereocenters. The zero-order valence-corrected chi connectivity index (χ0v) is 11.3. The van der Waals surface area contributed by atoms with E-state index in [1.165, 1.54) is 44.9 Å². The minimum atomic E-state index is 0.159. The summed E-state index contributed by atoms with van der Waals surface area (Å²) >= 11 is 0. The Kier molecular flexibility index (Phi) is 3.63. The monoisotopic (exact) mass is 223 g/mol. The Morgan fingerprint density at radius 3 is 2.44 bits per heavy atom. The van der Waals surface area contributed by atoms with E-state index >= 15 is 0 Å². The molecule has 0 aromatic carbocycles.